The van der Waals surface area contributed by atoms with Crippen LogP contribution in [0.5, 0.6) is 0 Å². The van der Waals surface area contributed by atoms with Crippen LogP contribution in [0.4, 0.5) is 4.39 Å². The minimum atomic E-state index is -0.220. The molecule has 5 heteroatoms. The van der Waals surface area contributed by atoms with Gasteiger partial charge in [-0.15, -0.1) is 11.3 Å². The standard InChI is InChI=1S/C16H17FN2OS/c17-13-6-4-11(5-7-13)8-14-9-18-15(21-14)10-19-16(20)12-2-1-3-12/h4-7,9,12H,1-3,8,10H2,(H,19,20). The molecule has 2 aromatic rings. The van der Waals surface area contributed by atoms with Crippen LogP contribution in [0.1, 0.15) is 34.7 Å². The van der Waals surface area contributed by atoms with E-state index in [9.17, 15) is 9.18 Å². The van der Waals surface area contributed by atoms with E-state index < -0.39 is 0 Å². The number of aromatic nitrogens is 1. The summed E-state index contributed by atoms with van der Waals surface area (Å²) in [7, 11) is 0. The summed E-state index contributed by atoms with van der Waals surface area (Å²) in [5.74, 6) is 0.141. The SMILES string of the molecule is O=C(NCc1ncc(Cc2ccc(F)cc2)s1)C1CCC1. The van der Waals surface area contributed by atoms with Gasteiger partial charge in [0.25, 0.3) is 0 Å². The number of carbonyl (C=O) groups is 1. The molecule has 0 bridgehead atoms. The van der Waals surface area contributed by atoms with Gasteiger partial charge in [0.1, 0.15) is 10.8 Å². The van der Waals surface area contributed by atoms with Crippen molar-refractivity contribution in [2.75, 3.05) is 0 Å². The van der Waals surface area contributed by atoms with Gasteiger partial charge in [-0.3, -0.25) is 4.79 Å². The molecule has 0 atom stereocenters. The van der Waals surface area contributed by atoms with Crippen LogP contribution >= 0.6 is 11.3 Å². The molecule has 0 aliphatic heterocycles. The van der Waals surface area contributed by atoms with Gasteiger partial charge in [-0.05, 0) is 30.5 Å². The highest BCUT2D eigenvalue weighted by atomic mass is 32.1. The van der Waals surface area contributed by atoms with Crippen molar-refractivity contribution in [2.24, 2.45) is 5.92 Å². The zero-order valence-electron chi connectivity index (χ0n) is 11.6. The second kappa shape index (κ2) is 6.35. The molecule has 0 saturated heterocycles. The summed E-state index contributed by atoms with van der Waals surface area (Å²) in [5.41, 5.74) is 1.06. The quantitative estimate of drug-likeness (QED) is 0.921. The van der Waals surface area contributed by atoms with E-state index in [1.54, 1.807) is 23.5 Å². The number of nitrogens with one attached hydrogen (secondary N) is 1. The van der Waals surface area contributed by atoms with Crippen LogP contribution < -0.4 is 5.32 Å². The third-order valence-electron chi connectivity index (χ3n) is 3.78. The summed E-state index contributed by atoms with van der Waals surface area (Å²) < 4.78 is 12.9. The fraction of sp³-hybridized carbons (Fsp3) is 0.375. The average molecular weight is 304 g/mol. The molecule has 1 aromatic heterocycles. The first-order valence-corrected chi connectivity index (χ1v) is 7.98. The van der Waals surface area contributed by atoms with Crippen molar-refractivity contribution in [3.63, 3.8) is 0 Å². The van der Waals surface area contributed by atoms with Crippen LogP contribution in [-0.4, -0.2) is 10.9 Å². The topological polar surface area (TPSA) is 42.0 Å². The molecule has 1 aliphatic rings. The smallest absolute Gasteiger partial charge is 0.223 e. The summed E-state index contributed by atoms with van der Waals surface area (Å²) in [5, 5.41) is 3.86. The number of hydrogen-bond donors (Lipinski definition) is 1. The van der Waals surface area contributed by atoms with Gasteiger partial charge in [0, 0.05) is 23.4 Å². The van der Waals surface area contributed by atoms with Gasteiger partial charge in [0.2, 0.25) is 5.91 Å². The normalized spacial score (nSPS) is 14.7. The monoisotopic (exact) mass is 304 g/mol. The molecule has 1 fully saturated rings. The molecule has 1 heterocycles. The molecule has 110 valence electrons. The summed E-state index contributed by atoms with van der Waals surface area (Å²) >= 11 is 1.59. The second-order valence-electron chi connectivity index (χ2n) is 5.37. The van der Waals surface area contributed by atoms with E-state index in [-0.39, 0.29) is 17.6 Å². The highest BCUT2D eigenvalue weighted by Crippen LogP contribution is 2.26. The second-order valence-corrected chi connectivity index (χ2v) is 6.57. The maximum atomic E-state index is 12.9. The van der Waals surface area contributed by atoms with Crippen LogP contribution in [0.2, 0.25) is 0 Å². The Kier molecular flexibility index (Phi) is 4.29. The fourth-order valence-corrected chi connectivity index (χ4v) is 3.19. The van der Waals surface area contributed by atoms with Crippen LogP contribution in [-0.2, 0) is 17.8 Å². The van der Waals surface area contributed by atoms with Crippen molar-refractivity contribution >= 4 is 17.2 Å². The van der Waals surface area contributed by atoms with Gasteiger partial charge in [-0.2, -0.15) is 0 Å². The lowest BCUT2D eigenvalue weighted by atomic mass is 9.85. The van der Waals surface area contributed by atoms with Crippen molar-refractivity contribution in [3.05, 3.63) is 51.7 Å². The lowest BCUT2D eigenvalue weighted by molar-refractivity contribution is -0.127. The van der Waals surface area contributed by atoms with Gasteiger partial charge >= 0.3 is 0 Å². The molecular formula is C16H17FN2OS. The molecule has 21 heavy (non-hydrogen) atoms. The summed E-state index contributed by atoms with van der Waals surface area (Å²) in [4.78, 5) is 17.2. The third kappa shape index (κ3) is 3.67. The number of nitrogens with zero attached hydrogens (tertiary/aromatic N) is 1. The summed E-state index contributed by atoms with van der Waals surface area (Å²) in [6, 6.07) is 6.51. The number of amides is 1. The largest absolute Gasteiger partial charge is 0.349 e. The maximum Gasteiger partial charge on any atom is 0.223 e. The lowest BCUT2D eigenvalue weighted by Crippen LogP contribution is -2.33. The number of rotatable bonds is 5. The molecule has 0 unspecified atom stereocenters. The minimum absolute atomic E-state index is 0.150. The van der Waals surface area contributed by atoms with E-state index in [4.69, 9.17) is 0 Å². The first kappa shape index (κ1) is 14.2. The predicted molar refractivity (Wildman–Crippen MR) is 80.5 cm³/mol. The third-order valence-corrected chi connectivity index (χ3v) is 4.78. The van der Waals surface area contributed by atoms with Gasteiger partial charge in [0.05, 0.1) is 6.54 Å². The van der Waals surface area contributed by atoms with E-state index in [1.807, 2.05) is 6.20 Å². The predicted octanol–water partition coefficient (Wildman–Crippen LogP) is 3.29. The molecule has 3 rings (SSSR count). The average Bonchev–Trinajstić information content (AvgIpc) is 2.85. The Labute approximate surface area is 127 Å². The van der Waals surface area contributed by atoms with Crippen LogP contribution in [0.3, 0.4) is 0 Å². The molecular weight excluding hydrogens is 287 g/mol. The Morgan fingerprint density at radius 2 is 2.10 bits per heavy atom. The molecule has 0 spiro atoms. The lowest BCUT2D eigenvalue weighted by Gasteiger charge is -2.23. The van der Waals surface area contributed by atoms with Gasteiger partial charge < -0.3 is 5.32 Å². The Hall–Kier alpha value is -1.75. The molecule has 1 N–H and O–H groups in total. The number of carbonyl (C=O) groups excluding carboxylic acids is 1. The molecule has 1 aliphatic carbocycles. The number of hydrogen-bond acceptors (Lipinski definition) is 3. The highest BCUT2D eigenvalue weighted by Gasteiger charge is 2.24. The van der Waals surface area contributed by atoms with E-state index in [1.165, 1.54) is 12.1 Å². The van der Waals surface area contributed by atoms with Crippen molar-refractivity contribution < 1.29 is 9.18 Å². The van der Waals surface area contributed by atoms with E-state index in [2.05, 4.69) is 10.3 Å². The van der Waals surface area contributed by atoms with Gasteiger partial charge in [0.15, 0.2) is 0 Å². The highest BCUT2D eigenvalue weighted by molar-refractivity contribution is 7.11. The van der Waals surface area contributed by atoms with Gasteiger partial charge in [-0.1, -0.05) is 18.6 Å². The zero-order valence-corrected chi connectivity index (χ0v) is 12.5. The zero-order chi connectivity index (χ0) is 14.7. The van der Waals surface area contributed by atoms with Crippen molar-refractivity contribution in [3.8, 4) is 0 Å². The molecule has 3 nitrogen and oxygen atoms in total. The Balaban J connectivity index is 1.53. The molecule has 1 aromatic carbocycles. The van der Waals surface area contributed by atoms with Crippen molar-refractivity contribution in [2.45, 2.75) is 32.2 Å². The summed E-state index contributed by atoms with van der Waals surface area (Å²) in [6.07, 6.45) is 5.77. The first-order valence-electron chi connectivity index (χ1n) is 7.16. The minimum Gasteiger partial charge on any atom is -0.349 e. The van der Waals surface area contributed by atoms with E-state index >= 15 is 0 Å². The first-order chi connectivity index (χ1) is 10.2. The maximum absolute atomic E-state index is 12.9. The number of benzene rings is 1. The number of thiazole rings is 1. The van der Waals surface area contributed by atoms with E-state index in [0.717, 1.165) is 41.1 Å². The van der Waals surface area contributed by atoms with Crippen molar-refractivity contribution in [1.82, 2.24) is 10.3 Å². The fourth-order valence-electron chi connectivity index (χ4n) is 2.29. The van der Waals surface area contributed by atoms with Crippen molar-refractivity contribution in [1.29, 1.82) is 0 Å². The van der Waals surface area contributed by atoms with Crippen LogP contribution in [0, 0.1) is 11.7 Å². The summed E-state index contributed by atoms with van der Waals surface area (Å²) in [6.45, 7) is 0.503. The molecule has 0 radical (unpaired) electrons. The van der Waals surface area contributed by atoms with E-state index in [0.29, 0.717) is 6.54 Å². The van der Waals surface area contributed by atoms with Crippen LogP contribution in [0.15, 0.2) is 30.5 Å². The molecule has 1 amide bonds. The van der Waals surface area contributed by atoms with Crippen LogP contribution in [0.25, 0.3) is 0 Å². The Morgan fingerprint density at radius 1 is 1.33 bits per heavy atom. The van der Waals surface area contributed by atoms with Gasteiger partial charge in [-0.25, -0.2) is 9.37 Å². The Morgan fingerprint density at radius 3 is 2.76 bits per heavy atom. The Bertz CT molecular complexity index is 619. The molecule has 1 saturated carbocycles. The number of halogens is 1.